The zero-order valence-corrected chi connectivity index (χ0v) is 17.1. The van der Waals surface area contributed by atoms with Crippen LogP contribution in [0.4, 0.5) is 5.69 Å². The summed E-state index contributed by atoms with van der Waals surface area (Å²) in [7, 11) is -3.75. The van der Waals surface area contributed by atoms with Gasteiger partial charge in [-0.3, -0.25) is 14.5 Å². The third-order valence-electron chi connectivity index (χ3n) is 5.32. The highest BCUT2D eigenvalue weighted by atomic mass is 32.2. The molecule has 2 aromatic rings. The zero-order chi connectivity index (χ0) is 20.6. The number of benzene rings is 2. The predicted octanol–water partition coefficient (Wildman–Crippen LogP) is 3.29. The molecule has 0 spiro atoms. The van der Waals surface area contributed by atoms with E-state index in [0.717, 1.165) is 12.0 Å². The van der Waals surface area contributed by atoms with Gasteiger partial charge < -0.3 is 10.1 Å². The van der Waals surface area contributed by atoms with Gasteiger partial charge in [0.15, 0.2) is 0 Å². The molecule has 2 aliphatic rings. The van der Waals surface area contributed by atoms with E-state index in [1.807, 2.05) is 19.1 Å². The van der Waals surface area contributed by atoms with E-state index < -0.39 is 10.0 Å². The number of carbonyl (C=O) groups excluding carboxylic acids is 1. The van der Waals surface area contributed by atoms with Crippen molar-refractivity contribution < 1.29 is 17.9 Å². The van der Waals surface area contributed by atoms with Gasteiger partial charge in [0.05, 0.1) is 10.5 Å². The molecule has 29 heavy (non-hydrogen) atoms. The molecule has 4 rings (SSSR count). The molecule has 2 aromatic carbocycles. The second kappa shape index (κ2) is 7.51. The molecule has 152 valence electrons. The lowest BCUT2D eigenvalue weighted by atomic mass is 9.97. The Hall–Kier alpha value is -2.87. The van der Waals surface area contributed by atoms with E-state index in [2.05, 4.69) is 22.0 Å². The van der Waals surface area contributed by atoms with Gasteiger partial charge in [-0.05, 0) is 37.6 Å². The molecule has 1 amide bonds. The summed E-state index contributed by atoms with van der Waals surface area (Å²) in [5, 5.41) is 2.78. The third kappa shape index (κ3) is 3.85. The second-order valence-electron chi connectivity index (χ2n) is 7.35. The molecule has 0 saturated heterocycles. The van der Waals surface area contributed by atoms with Crippen molar-refractivity contribution in [3.63, 3.8) is 0 Å². The second-order valence-corrected chi connectivity index (χ2v) is 9.04. The lowest BCUT2D eigenvalue weighted by molar-refractivity contribution is 0.102. The summed E-state index contributed by atoms with van der Waals surface area (Å²) in [6.07, 6.45) is 1.46. The number of amidine groups is 1. The maximum atomic E-state index is 12.9. The van der Waals surface area contributed by atoms with Gasteiger partial charge in [-0.2, -0.15) is 0 Å². The predicted molar refractivity (Wildman–Crippen MR) is 111 cm³/mol. The minimum Gasteiger partial charge on any atom is -0.489 e. The number of aliphatic imine (C=N–C) groups is 1. The van der Waals surface area contributed by atoms with Gasteiger partial charge in [0.2, 0.25) is 0 Å². The van der Waals surface area contributed by atoms with Crippen LogP contribution in [-0.2, 0) is 10.0 Å². The Kier molecular flexibility index (Phi) is 5.04. The van der Waals surface area contributed by atoms with Gasteiger partial charge in [0, 0.05) is 30.1 Å². The van der Waals surface area contributed by atoms with Crippen LogP contribution < -0.4 is 14.8 Å². The van der Waals surface area contributed by atoms with Crippen molar-refractivity contribution in [2.24, 2.45) is 4.99 Å². The largest absolute Gasteiger partial charge is 0.489 e. The number of para-hydroxylation sites is 1. The maximum Gasteiger partial charge on any atom is 0.262 e. The number of hydrogen-bond donors (Lipinski definition) is 2. The molecule has 2 heterocycles. The van der Waals surface area contributed by atoms with E-state index in [1.165, 1.54) is 12.1 Å². The maximum absolute atomic E-state index is 12.9. The standard InChI is InChI=1S/C21H23N3O4S/c1-13-14(2)28-20-17(13)8-4-9-18(20)21(25)23-15-6-3-7-16(12-15)29(26,27)24-19-10-5-11-22-19/h3-4,6-9,12-14H,5,10-11H2,1-2H3,(H,22,24)(H,23,25). The van der Waals surface area contributed by atoms with Crippen LogP contribution in [0.1, 0.15) is 48.5 Å². The van der Waals surface area contributed by atoms with E-state index in [4.69, 9.17) is 4.74 Å². The first-order valence-corrected chi connectivity index (χ1v) is 11.1. The molecule has 2 unspecified atom stereocenters. The van der Waals surface area contributed by atoms with Crippen LogP contribution in [0.2, 0.25) is 0 Å². The van der Waals surface area contributed by atoms with Gasteiger partial charge in [-0.1, -0.05) is 25.1 Å². The first-order chi connectivity index (χ1) is 13.8. The Bertz CT molecular complexity index is 1090. The number of ether oxygens (including phenoxy) is 1. The summed E-state index contributed by atoms with van der Waals surface area (Å²) in [6, 6.07) is 11.7. The molecule has 0 radical (unpaired) electrons. The number of anilines is 1. The summed E-state index contributed by atoms with van der Waals surface area (Å²) in [4.78, 5) is 17.1. The first-order valence-electron chi connectivity index (χ1n) is 9.62. The fraction of sp³-hybridized carbons (Fsp3) is 0.333. The fourth-order valence-corrected chi connectivity index (χ4v) is 4.68. The van der Waals surface area contributed by atoms with Crippen molar-refractivity contribution in [1.82, 2.24) is 4.72 Å². The molecule has 2 atom stereocenters. The van der Waals surface area contributed by atoms with Crippen LogP contribution in [0.3, 0.4) is 0 Å². The normalized spacial score (nSPS) is 20.6. The zero-order valence-electron chi connectivity index (χ0n) is 16.3. The van der Waals surface area contributed by atoms with Crippen LogP contribution in [0.5, 0.6) is 5.75 Å². The topological polar surface area (TPSA) is 96.9 Å². The number of carbonyl (C=O) groups is 1. The van der Waals surface area contributed by atoms with Crippen LogP contribution in [-0.4, -0.2) is 32.8 Å². The molecule has 0 aromatic heterocycles. The van der Waals surface area contributed by atoms with Crippen molar-refractivity contribution in [3.8, 4) is 5.75 Å². The van der Waals surface area contributed by atoms with E-state index in [0.29, 0.717) is 35.8 Å². The van der Waals surface area contributed by atoms with Crippen molar-refractivity contribution in [2.45, 2.75) is 43.6 Å². The average molecular weight is 413 g/mol. The minimum absolute atomic E-state index is 0.00278. The quantitative estimate of drug-likeness (QED) is 0.804. The minimum atomic E-state index is -3.75. The summed E-state index contributed by atoms with van der Waals surface area (Å²) >= 11 is 0. The molecule has 0 bridgehead atoms. The van der Waals surface area contributed by atoms with Crippen molar-refractivity contribution >= 4 is 27.5 Å². The Balaban J connectivity index is 1.56. The number of sulfonamides is 1. The Morgan fingerprint density at radius 1 is 1.17 bits per heavy atom. The Morgan fingerprint density at radius 2 is 1.97 bits per heavy atom. The monoisotopic (exact) mass is 413 g/mol. The molecule has 2 aliphatic heterocycles. The number of amides is 1. The SMILES string of the molecule is CC1Oc2c(C(=O)Nc3cccc(S(=O)(=O)NC4=NCCC4)c3)cccc2C1C. The fourth-order valence-electron chi connectivity index (χ4n) is 3.54. The summed E-state index contributed by atoms with van der Waals surface area (Å²) in [6.45, 7) is 4.67. The van der Waals surface area contributed by atoms with Gasteiger partial charge >= 0.3 is 0 Å². The Morgan fingerprint density at radius 3 is 2.72 bits per heavy atom. The number of fused-ring (bicyclic) bond motifs is 1. The van der Waals surface area contributed by atoms with Crippen LogP contribution in [0.15, 0.2) is 52.4 Å². The smallest absolute Gasteiger partial charge is 0.262 e. The number of hydrogen-bond acceptors (Lipinski definition) is 5. The van der Waals surface area contributed by atoms with Gasteiger partial charge in [-0.15, -0.1) is 0 Å². The molecule has 0 saturated carbocycles. The van der Waals surface area contributed by atoms with E-state index >= 15 is 0 Å². The molecular formula is C21H23N3O4S. The molecule has 0 fully saturated rings. The lowest BCUT2D eigenvalue weighted by Crippen LogP contribution is -2.29. The molecule has 8 heteroatoms. The average Bonchev–Trinajstić information content (AvgIpc) is 3.29. The Labute approximate surface area is 170 Å². The van der Waals surface area contributed by atoms with Crippen LogP contribution in [0.25, 0.3) is 0 Å². The summed E-state index contributed by atoms with van der Waals surface area (Å²) in [5.74, 6) is 0.927. The van der Waals surface area contributed by atoms with Crippen LogP contribution in [0, 0.1) is 0 Å². The molecule has 2 N–H and O–H groups in total. The van der Waals surface area contributed by atoms with E-state index in [9.17, 15) is 13.2 Å². The van der Waals surface area contributed by atoms with Crippen molar-refractivity contribution in [1.29, 1.82) is 0 Å². The number of rotatable bonds is 4. The summed E-state index contributed by atoms with van der Waals surface area (Å²) < 4.78 is 33.6. The van der Waals surface area contributed by atoms with Gasteiger partial charge in [0.25, 0.3) is 15.9 Å². The van der Waals surface area contributed by atoms with E-state index in [-0.39, 0.29) is 22.8 Å². The number of nitrogens with one attached hydrogen (secondary N) is 2. The molecular weight excluding hydrogens is 390 g/mol. The molecule has 0 aliphatic carbocycles. The van der Waals surface area contributed by atoms with Crippen molar-refractivity contribution in [2.75, 3.05) is 11.9 Å². The summed E-state index contributed by atoms with van der Waals surface area (Å²) in [5.41, 5.74) is 1.83. The van der Waals surface area contributed by atoms with Crippen molar-refractivity contribution in [3.05, 3.63) is 53.6 Å². The highest BCUT2D eigenvalue weighted by Gasteiger charge is 2.31. The van der Waals surface area contributed by atoms with E-state index in [1.54, 1.807) is 18.2 Å². The lowest BCUT2D eigenvalue weighted by Gasteiger charge is -2.12. The third-order valence-corrected chi connectivity index (χ3v) is 6.70. The first kappa shape index (κ1) is 19.4. The van der Waals surface area contributed by atoms with Gasteiger partial charge in [0.1, 0.15) is 17.7 Å². The number of nitrogens with zero attached hydrogens (tertiary/aromatic N) is 1. The van der Waals surface area contributed by atoms with Crippen LogP contribution >= 0.6 is 0 Å². The highest BCUT2D eigenvalue weighted by molar-refractivity contribution is 7.90. The molecule has 7 nitrogen and oxygen atoms in total. The highest BCUT2D eigenvalue weighted by Crippen LogP contribution is 2.40. The van der Waals surface area contributed by atoms with Gasteiger partial charge in [-0.25, -0.2) is 8.42 Å².